The van der Waals surface area contributed by atoms with E-state index in [0.29, 0.717) is 0 Å². The first-order valence-corrected chi connectivity index (χ1v) is 16.3. The fourth-order valence-corrected chi connectivity index (χ4v) is 0.440. The molecule has 0 N–H and O–H groups in total. The second-order valence-electron chi connectivity index (χ2n) is 1.57. The summed E-state index contributed by atoms with van der Waals surface area (Å²) in [6.07, 6.45) is 5.01. The maximum atomic E-state index is 10.3. The van der Waals surface area contributed by atoms with Gasteiger partial charge in [0.2, 0.25) is 0 Å². The standard InChI is InChI=1S/C6H4O2.2ClH.Hg/c7-5-1-2-6(8)4-3-5;;;/h1-4H;2*1H;/q;;;+2/p-2. The van der Waals surface area contributed by atoms with Crippen LogP contribution in [0.25, 0.3) is 0 Å². The Morgan fingerprint density at radius 2 is 1.09 bits per heavy atom. The van der Waals surface area contributed by atoms with Crippen molar-refractivity contribution in [3.05, 3.63) is 24.3 Å². The molecule has 11 heavy (non-hydrogen) atoms. The van der Waals surface area contributed by atoms with Gasteiger partial charge in [-0.3, -0.25) is 9.59 Å². The number of ketones is 2. The van der Waals surface area contributed by atoms with Gasteiger partial charge in [-0.2, -0.15) is 0 Å². The Kier molecular flexibility index (Phi) is 7.22. The van der Waals surface area contributed by atoms with E-state index in [9.17, 15) is 9.59 Å². The topological polar surface area (TPSA) is 34.1 Å². The van der Waals surface area contributed by atoms with Crippen molar-refractivity contribution >= 4 is 28.1 Å². The summed E-state index contributed by atoms with van der Waals surface area (Å²) in [5, 5.41) is 0. The molecule has 0 aliphatic heterocycles. The van der Waals surface area contributed by atoms with Crippen LogP contribution in [0.4, 0.5) is 0 Å². The molecule has 0 amide bonds. The molecule has 0 bridgehead atoms. The van der Waals surface area contributed by atoms with Gasteiger partial charge in [0.1, 0.15) is 0 Å². The fourth-order valence-electron chi connectivity index (χ4n) is 0.440. The summed E-state index contributed by atoms with van der Waals surface area (Å²) in [6, 6.07) is 0. The number of rotatable bonds is 0. The van der Waals surface area contributed by atoms with Gasteiger partial charge in [0, 0.05) is 0 Å². The third kappa shape index (κ3) is 6.72. The van der Waals surface area contributed by atoms with Crippen LogP contribution in [0.1, 0.15) is 0 Å². The number of carbonyl (C=O) groups excluding carboxylic acids is 2. The molecule has 0 spiro atoms. The molecule has 1 aliphatic rings. The minimum absolute atomic E-state index is 0.121. The average Bonchev–Trinajstić information content (AvgIpc) is 1.97. The van der Waals surface area contributed by atoms with Gasteiger partial charge in [0.25, 0.3) is 0 Å². The Hall–Kier alpha value is 0.335. The summed E-state index contributed by atoms with van der Waals surface area (Å²) in [4.78, 5) is 20.6. The van der Waals surface area contributed by atoms with Crippen molar-refractivity contribution in [3.8, 4) is 0 Å². The van der Waals surface area contributed by atoms with Crippen molar-refractivity contribution < 1.29 is 31.7 Å². The SMILES string of the molecule is O=C1C=CC(=O)C=C1.[Cl][Hg][Cl]. The summed E-state index contributed by atoms with van der Waals surface area (Å²) in [5.74, 6) is -0.241. The molecule has 0 radical (unpaired) electrons. The summed E-state index contributed by atoms with van der Waals surface area (Å²) in [7, 11) is 9.97. The summed E-state index contributed by atoms with van der Waals surface area (Å²) >= 11 is -1.14. The quantitative estimate of drug-likeness (QED) is 0.474. The molecule has 0 atom stereocenters. The third-order valence-corrected chi connectivity index (χ3v) is 0.824. The van der Waals surface area contributed by atoms with Gasteiger partial charge in [-0.15, -0.1) is 0 Å². The minimum atomic E-state index is -1.14. The number of carbonyl (C=O) groups is 2. The Balaban J connectivity index is 0.000000292. The van der Waals surface area contributed by atoms with Crippen LogP contribution >= 0.6 is 16.5 Å². The van der Waals surface area contributed by atoms with Crippen LogP contribution in [-0.2, 0) is 31.7 Å². The molecular formula is C6H4Cl2HgO2. The second-order valence-corrected chi connectivity index (χ2v) is 9.45. The third-order valence-electron chi connectivity index (χ3n) is 0.824. The molecule has 0 aromatic carbocycles. The molecule has 5 heteroatoms. The van der Waals surface area contributed by atoms with Gasteiger partial charge in [0.15, 0.2) is 11.6 Å². The van der Waals surface area contributed by atoms with Crippen LogP contribution in [-0.4, -0.2) is 11.6 Å². The molecule has 0 unspecified atom stereocenters. The molecule has 1 rings (SSSR count). The van der Waals surface area contributed by atoms with Crippen molar-refractivity contribution in [1.29, 1.82) is 0 Å². The molecule has 56 valence electrons. The summed E-state index contributed by atoms with van der Waals surface area (Å²) in [6.45, 7) is 0. The molecule has 0 heterocycles. The fraction of sp³-hybridized carbons (Fsp3) is 0. The molecule has 0 saturated heterocycles. The number of allylic oxidation sites excluding steroid dienone is 4. The van der Waals surface area contributed by atoms with E-state index in [0.717, 1.165) is 0 Å². The van der Waals surface area contributed by atoms with Crippen molar-refractivity contribution in [3.63, 3.8) is 0 Å². The molecule has 0 fully saturated rings. The normalized spacial score (nSPS) is 13.6. The zero-order chi connectivity index (χ0) is 8.69. The van der Waals surface area contributed by atoms with E-state index < -0.39 is 22.1 Å². The van der Waals surface area contributed by atoms with E-state index >= 15 is 0 Å². The van der Waals surface area contributed by atoms with Crippen molar-refractivity contribution in [2.45, 2.75) is 0 Å². The number of hydrogen-bond donors (Lipinski definition) is 0. The van der Waals surface area contributed by atoms with E-state index in [2.05, 4.69) is 0 Å². The van der Waals surface area contributed by atoms with Crippen LogP contribution < -0.4 is 0 Å². The Morgan fingerprint density at radius 3 is 1.27 bits per heavy atom. The van der Waals surface area contributed by atoms with Gasteiger partial charge in [-0.1, -0.05) is 0 Å². The summed E-state index contributed by atoms with van der Waals surface area (Å²) in [5.41, 5.74) is 0. The van der Waals surface area contributed by atoms with Crippen molar-refractivity contribution in [1.82, 2.24) is 0 Å². The summed E-state index contributed by atoms with van der Waals surface area (Å²) < 4.78 is 0. The van der Waals surface area contributed by atoms with E-state index in [4.69, 9.17) is 16.5 Å². The van der Waals surface area contributed by atoms with Crippen LogP contribution in [0.3, 0.4) is 0 Å². The van der Waals surface area contributed by atoms with Crippen LogP contribution in [0.5, 0.6) is 0 Å². The molecule has 2 nitrogen and oxygen atoms in total. The molecule has 1 aliphatic carbocycles. The molecule has 0 aromatic heterocycles. The zero-order valence-corrected chi connectivity index (χ0v) is 12.6. The predicted molar refractivity (Wildman–Crippen MR) is 40.0 cm³/mol. The van der Waals surface area contributed by atoms with Gasteiger partial charge >= 0.3 is 38.6 Å². The number of hydrogen-bond acceptors (Lipinski definition) is 2. The zero-order valence-electron chi connectivity index (χ0n) is 5.59. The molecular weight excluding hydrogens is 376 g/mol. The van der Waals surface area contributed by atoms with Crippen molar-refractivity contribution in [2.75, 3.05) is 0 Å². The van der Waals surface area contributed by atoms with E-state index in [1.54, 1.807) is 0 Å². The average molecular weight is 380 g/mol. The number of halogens is 2. The first kappa shape index (κ1) is 11.3. The van der Waals surface area contributed by atoms with E-state index in [1.165, 1.54) is 24.3 Å². The van der Waals surface area contributed by atoms with Gasteiger partial charge in [-0.05, 0) is 24.3 Å². The Bertz CT molecular complexity index is 173. The molecule has 0 saturated carbocycles. The Labute approximate surface area is 83.6 Å². The van der Waals surface area contributed by atoms with Gasteiger partial charge < -0.3 is 0 Å². The van der Waals surface area contributed by atoms with E-state index in [-0.39, 0.29) is 11.6 Å². The maximum absolute atomic E-state index is 10.3. The van der Waals surface area contributed by atoms with Crippen LogP contribution in [0.2, 0.25) is 0 Å². The van der Waals surface area contributed by atoms with Gasteiger partial charge in [0.05, 0.1) is 0 Å². The molecule has 0 aromatic rings. The monoisotopic (exact) mass is 380 g/mol. The van der Waals surface area contributed by atoms with Crippen LogP contribution in [0, 0.1) is 0 Å². The predicted octanol–water partition coefficient (Wildman–Crippen LogP) is 1.63. The van der Waals surface area contributed by atoms with Crippen LogP contribution in [0.15, 0.2) is 24.3 Å². The first-order chi connectivity index (χ1) is 5.20. The first-order valence-electron chi connectivity index (χ1n) is 2.76. The van der Waals surface area contributed by atoms with Gasteiger partial charge in [-0.25, -0.2) is 0 Å². The Morgan fingerprint density at radius 1 is 0.909 bits per heavy atom. The second kappa shape index (κ2) is 7.01. The van der Waals surface area contributed by atoms with Crippen molar-refractivity contribution in [2.24, 2.45) is 0 Å². The van der Waals surface area contributed by atoms with E-state index in [1.807, 2.05) is 0 Å².